The normalized spacial score (nSPS) is 10.5. The molecular formula is C24H21N3O4. The fourth-order valence-corrected chi connectivity index (χ4v) is 3.14. The van der Waals surface area contributed by atoms with E-state index in [0.717, 1.165) is 10.9 Å². The second-order valence-electron chi connectivity index (χ2n) is 6.92. The van der Waals surface area contributed by atoms with Crippen LogP contribution in [0.5, 0.6) is 5.75 Å². The number of furan rings is 1. The molecule has 3 N–H and O–H groups in total. The Morgan fingerprint density at radius 1 is 0.839 bits per heavy atom. The second-order valence-corrected chi connectivity index (χ2v) is 6.92. The Bertz CT molecular complexity index is 1250. The molecule has 4 aromatic rings. The number of para-hydroxylation sites is 2. The molecule has 7 nitrogen and oxygen atoms in total. The number of fused-ring (bicyclic) bond motifs is 1. The van der Waals surface area contributed by atoms with E-state index in [1.54, 1.807) is 43.5 Å². The van der Waals surface area contributed by atoms with Crippen LogP contribution >= 0.6 is 0 Å². The minimum atomic E-state index is -0.396. The molecule has 0 unspecified atom stereocenters. The first-order valence-electron chi connectivity index (χ1n) is 9.65. The van der Waals surface area contributed by atoms with Gasteiger partial charge in [0.2, 0.25) is 0 Å². The first kappa shape index (κ1) is 20.0. The third kappa shape index (κ3) is 4.51. The molecule has 0 bridgehead atoms. The molecule has 0 saturated carbocycles. The van der Waals surface area contributed by atoms with Gasteiger partial charge in [0.05, 0.1) is 7.11 Å². The fraction of sp³-hybridized carbons (Fsp3) is 0.0833. The van der Waals surface area contributed by atoms with Gasteiger partial charge in [-0.25, -0.2) is 4.79 Å². The summed E-state index contributed by atoms with van der Waals surface area (Å²) in [5, 5.41) is 9.13. The first-order chi connectivity index (χ1) is 15.0. The van der Waals surface area contributed by atoms with Crippen LogP contribution in [0, 0.1) is 6.92 Å². The van der Waals surface area contributed by atoms with Crippen LogP contribution in [0.3, 0.4) is 0 Å². The number of carbonyl (C=O) groups is 2. The van der Waals surface area contributed by atoms with Crippen molar-refractivity contribution in [1.82, 2.24) is 0 Å². The SMILES string of the molecule is COc1cccc2cc(C(=O)Nc3cc(NC(=O)Nc4ccccc4)ccc3C)oc12. The van der Waals surface area contributed by atoms with Gasteiger partial charge in [0.15, 0.2) is 17.1 Å². The summed E-state index contributed by atoms with van der Waals surface area (Å²) in [4.78, 5) is 25.0. The maximum Gasteiger partial charge on any atom is 0.323 e. The summed E-state index contributed by atoms with van der Waals surface area (Å²) in [6.45, 7) is 1.87. The molecule has 0 aliphatic heterocycles. The number of nitrogens with one attached hydrogen (secondary N) is 3. The van der Waals surface area contributed by atoms with E-state index in [1.165, 1.54) is 0 Å². The van der Waals surface area contributed by atoms with Crippen molar-refractivity contribution in [2.24, 2.45) is 0 Å². The van der Waals surface area contributed by atoms with E-state index in [-0.39, 0.29) is 11.8 Å². The van der Waals surface area contributed by atoms with Crippen LogP contribution in [-0.4, -0.2) is 19.0 Å². The average molecular weight is 415 g/mol. The summed E-state index contributed by atoms with van der Waals surface area (Å²) < 4.78 is 11.0. The van der Waals surface area contributed by atoms with E-state index in [1.807, 2.05) is 43.3 Å². The lowest BCUT2D eigenvalue weighted by Crippen LogP contribution is -2.19. The summed E-state index contributed by atoms with van der Waals surface area (Å²) in [5.74, 6) is 0.328. The Morgan fingerprint density at radius 3 is 2.39 bits per heavy atom. The number of hydrogen-bond donors (Lipinski definition) is 3. The highest BCUT2D eigenvalue weighted by Gasteiger charge is 2.16. The van der Waals surface area contributed by atoms with Crippen molar-refractivity contribution < 1.29 is 18.7 Å². The van der Waals surface area contributed by atoms with E-state index in [4.69, 9.17) is 9.15 Å². The van der Waals surface area contributed by atoms with Gasteiger partial charge in [0.25, 0.3) is 5.91 Å². The van der Waals surface area contributed by atoms with Crippen molar-refractivity contribution in [1.29, 1.82) is 0 Å². The van der Waals surface area contributed by atoms with Crippen molar-refractivity contribution in [2.75, 3.05) is 23.1 Å². The molecule has 0 fully saturated rings. The van der Waals surface area contributed by atoms with Gasteiger partial charge in [0.1, 0.15) is 0 Å². The van der Waals surface area contributed by atoms with Gasteiger partial charge in [-0.1, -0.05) is 36.4 Å². The summed E-state index contributed by atoms with van der Waals surface area (Å²) >= 11 is 0. The number of urea groups is 1. The van der Waals surface area contributed by atoms with E-state index in [0.29, 0.717) is 28.4 Å². The van der Waals surface area contributed by atoms with Gasteiger partial charge in [-0.2, -0.15) is 0 Å². The first-order valence-corrected chi connectivity index (χ1v) is 9.65. The standard InChI is InChI=1S/C24H21N3O4/c1-15-11-12-18(26-24(29)25-17-8-4-3-5-9-17)14-19(15)27-23(28)21-13-16-7-6-10-20(30-2)22(16)31-21/h3-14H,1-2H3,(H,27,28)(H2,25,26,29). The molecule has 0 aliphatic carbocycles. The Hall–Kier alpha value is -4.26. The lowest BCUT2D eigenvalue weighted by molar-refractivity contribution is 0.0998. The lowest BCUT2D eigenvalue weighted by atomic mass is 10.1. The highest BCUT2D eigenvalue weighted by atomic mass is 16.5. The number of aryl methyl sites for hydroxylation is 1. The van der Waals surface area contributed by atoms with Gasteiger partial charge in [-0.3, -0.25) is 4.79 Å². The molecule has 0 aliphatic rings. The molecule has 1 aromatic heterocycles. The van der Waals surface area contributed by atoms with Crippen LogP contribution in [0.25, 0.3) is 11.0 Å². The van der Waals surface area contributed by atoms with Gasteiger partial charge >= 0.3 is 6.03 Å². The Balaban J connectivity index is 1.49. The third-order valence-electron chi connectivity index (χ3n) is 4.73. The van der Waals surface area contributed by atoms with Crippen LogP contribution < -0.4 is 20.7 Å². The average Bonchev–Trinajstić information content (AvgIpc) is 3.21. The largest absolute Gasteiger partial charge is 0.493 e. The van der Waals surface area contributed by atoms with Crippen LogP contribution in [0.1, 0.15) is 16.1 Å². The number of ether oxygens (including phenoxy) is 1. The van der Waals surface area contributed by atoms with Crippen molar-refractivity contribution in [3.63, 3.8) is 0 Å². The molecule has 31 heavy (non-hydrogen) atoms. The maximum absolute atomic E-state index is 12.8. The number of rotatable bonds is 5. The van der Waals surface area contributed by atoms with E-state index < -0.39 is 5.91 Å². The molecule has 0 atom stereocenters. The fourth-order valence-electron chi connectivity index (χ4n) is 3.14. The van der Waals surface area contributed by atoms with E-state index in [9.17, 15) is 9.59 Å². The zero-order valence-corrected chi connectivity index (χ0v) is 17.1. The van der Waals surface area contributed by atoms with Crippen LogP contribution in [-0.2, 0) is 0 Å². The zero-order chi connectivity index (χ0) is 21.8. The van der Waals surface area contributed by atoms with Gasteiger partial charge < -0.3 is 25.1 Å². The van der Waals surface area contributed by atoms with Crippen LogP contribution in [0.15, 0.2) is 77.2 Å². The molecule has 4 rings (SSSR count). The number of carbonyl (C=O) groups excluding carboxylic acids is 2. The second kappa shape index (κ2) is 8.62. The molecule has 0 saturated heterocycles. The summed E-state index contributed by atoms with van der Waals surface area (Å²) in [6, 6.07) is 21.1. The van der Waals surface area contributed by atoms with Crippen LogP contribution in [0.4, 0.5) is 21.9 Å². The maximum atomic E-state index is 12.8. The summed E-state index contributed by atoms with van der Waals surface area (Å²) in [5.41, 5.74) is 3.15. The quantitative estimate of drug-likeness (QED) is 0.393. The van der Waals surface area contributed by atoms with Crippen molar-refractivity contribution in [3.8, 4) is 5.75 Å². The molecule has 7 heteroatoms. The smallest absolute Gasteiger partial charge is 0.323 e. The Labute approximate surface area is 179 Å². The summed E-state index contributed by atoms with van der Waals surface area (Å²) in [7, 11) is 1.55. The lowest BCUT2D eigenvalue weighted by Gasteiger charge is -2.11. The van der Waals surface area contributed by atoms with Gasteiger partial charge in [0, 0.05) is 22.4 Å². The minimum absolute atomic E-state index is 0.166. The van der Waals surface area contributed by atoms with Crippen molar-refractivity contribution >= 4 is 40.0 Å². The van der Waals surface area contributed by atoms with Crippen molar-refractivity contribution in [3.05, 3.63) is 84.1 Å². The van der Waals surface area contributed by atoms with Crippen LogP contribution in [0.2, 0.25) is 0 Å². The molecule has 3 amide bonds. The zero-order valence-electron chi connectivity index (χ0n) is 17.1. The number of anilines is 3. The Morgan fingerprint density at radius 2 is 1.61 bits per heavy atom. The molecule has 0 radical (unpaired) electrons. The summed E-state index contributed by atoms with van der Waals surface area (Å²) in [6.07, 6.45) is 0. The number of hydrogen-bond acceptors (Lipinski definition) is 4. The minimum Gasteiger partial charge on any atom is -0.493 e. The number of benzene rings is 3. The van der Waals surface area contributed by atoms with E-state index in [2.05, 4.69) is 16.0 Å². The number of methoxy groups -OCH3 is 1. The third-order valence-corrected chi connectivity index (χ3v) is 4.73. The monoisotopic (exact) mass is 415 g/mol. The molecule has 3 aromatic carbocycles. The highest BCUT2D eigenvalue weighted by Crippen LogP contribution is 2.29. The topological polar surface area (TPSA) is 92.6 Å². The highest BCUT2D eigenvalue weighted by molar-refractivity contribution is 6.06. The van der Waals surface area contributed by atoms with E-state index >= 15 is 0 Å². The molecular weight excluding hydrogens is 394 g/mol. The molecule has 0 spiro atoms. The predicted molar refractivity (Wildman–Crippen MR) is 121 cm³/mol. The van der Waals surface area contributed by atoms with Gasteiger partial charge in [-0.05, 0) is 48.9 Å². The Kier molecular flexibility index (Phi) is 5.57. The van der Waals surface area contributed by atoms with Crippen molar-refractivity contribution in [2.45, 2.75) is 6.92 Å². The van der Waals surface area contributed by atoms with Gasteiger partial charge in [-0.15, -0.1) is 0 Å². The predicted octanol–water partition coefficient (Wildman–Crippen LogP) is 5.65. The number of amides is 3. The molecule has 1 heterocycles. The molecule has 156 valence electrons.